The molecule has 2 rings (SSSR count). The SMILES string of the molecule is CC(C)OCc1ccccc1.Cc1cn(C)nn1. The lowest BCUT2D eigenvalue weighted by Crippen LogP contribution is -2.01. The zero-order chi connectivity index (χ0) is 13.4. The molecule has 1 aromatic heterocycles. The first-order chi connectivity index (χ1) is 8.58. The summed E-state index contributed by atoms with van der Waals surface area (Å²) in [5.41, 5.74) is 2.20. The Hall–Kier alpha value is -1.68. The molecule has 0 aliphatic rings. The van der Waals surface area contributed by atoms with Gasteiger partial charge in [-0.1, -0.05) is 35.5 Å². The molecule has 0 N–H and O–H groups in total. The van der Waals surface area contributed by atoms with E-state index in [0.717, 1.165) is 12.3 Å². The first-order valence-corrected chi connectivity index (χ1v) is 6.06. The van der Waals surface area contributed by atoms with Crippen molar-refractivity contribution in [1.82, 2.24) is 15.0 Å². The van der Waals surface area contributed by atoms with Gasteiger partial charge in [0.25, 0.3) is 0 Å². The molecule has 0 aliphatic heterocycles. The van der Waals surface area contributed by atoms with E-state index in [4.69, 9.17) is 4.74 Å². The molecule has 1 heterocycles. The standard InChI is InChI=1S/C10H14O.C4H7N3/c1-9(2)11-8-10-6-4-3-5-7-10;1-4-3-7(2)6-5-4/h3-7,9H,8H2,1-2H3;3H,1-2H3. The third-order valence-corrected chi connectivity index (χ3v) is 2.14. The Morgan fingerprint density at radius 1 is 1.22 bits per heavy atom. The number of hydrogen-bond acceptors (Lipinski definition) is 3. The second kappa shape index (κ2) is 7.61. The summed E-state index contributed by atoms with van der Waals surface area (Å²) in [5, 5.41) is 7.41. The summed E-state index contributed by atoms with van der Waals surface area (Å²) in [4.78, 5) is 0. The van der Waals surface area contributed by atoms with E-state index in [1.807, 2.05) is 52.2 Å². The van der Waals surface area contributed by atoms with Gasteiger partial charge in [0.15, 0.2) is 0 Å². The van der Waals surface area contributed by atoms with E-state index in [9.17, 15) is 0 Å². The van der Waals surface area contributed by atoms with Crippen LogP contribution in [0.5, 0.6) is 0 Å². The highest BCUT2D eigenvalue weighted by Crippen LogP contribution is 2.02. The largest absolute Gasteiger partial charge is 0.374 e. The average Bonchev–Trinajstić information content (AvgIpc) is 2.73. The molecule has 2 aromatic rings. The minimum atomic E-state index is 0.315. The topological polar surface area (TPSA) is 39.9 Å². The fraction of sp³-hybridized carbons (Fsp3) is 0.429. The van der Waals surface area contributed by atoms with Crippen molar-refractivity contribution in [2.24, 2.45) is 7.05 Å². The Balaban J connectivity index is 0.000000199. The van der Waals surface area contributed by atoms with Crippen LogP contribution in [0.25, 0.3) is 0 Å². The lowest BCUT2D eigenvalue weighted by Gasteiger charge is -2.06. The maximum Gasteiger partial charge on any atom is 0.0796 e. The molecule has 0 atom stereocenters. The van der Waals surface area contributed by atoms with Crippen molar-refractivity contribution >= 4 is 0 Å². The predicted molar refractivity (Wildman–Crippen MR) is 72.1 cm³/mol. The van der Waals surface area contributed by atoms with Crippen LogP contribution in [0.15, 0.2) is 36.5 Å². The van der Waals surface area contributed by atoms with Crippen molar-refractivity contribution in [3.8, 4) is 0 Å². The van der Waals surface area contributed by atoms with E-state index >= 15 is 0 Å². The Morgan fingerprint density at radius 2 is 1.89 bits per heavy atom. The highest BCUT2D eigenvalue weighted by Gasteiger charge is 1.93. The lowest BCUT2D eigenvalue weighted by atomic mass is 10.2. The van der Waals surface area contributed by atoms with Gasteiger partial charge < -0.3 is 4.74 Å². The van der Waals surface area contributed by atoms with Crippen LogP contribution < -0.4 is 0 Å². The first kappa shape index (κ1) is 14.4. The van der Waals surface area contributed by atoms with Crippen LogP contribution >= 0.6 is 0 Å². The highest BCUT2D eigenvalue weighted by molar-refractivity contribution is 5.13. The van der Waals surface area contributed by atoms with Gasteiger partial charge in [0.05, 0.1) is 18.4 Å². The van der Waals surface area contributed by atoms with Crippen LogP contribution in [0, 0.1) is 6.92 Å². The maximum atomic E-state index is 5.43. The van der Waals surface area contributed by atoms with Crippen LogP contribution in [0.4, 0.5) is 0 Å². The minimum absolute atomic E-state index is 0.315. The Kier molecular flexibility index (Phi) is 6.08. The van der Waals surface area contributed by atoms with Gasteiger partial charge in [-0.05, 0) is 26.3 Å². The van der Waals surface area contributed by atoms with Gasteiger partial charge in [-0.15, -0.1) is 5.10 Å². The summed E-state index contributed by atoms with van der Waals surface area (Å²) in [6.07, 6.45) is 2.18. The summed E-state index contributed by atoms with van der Waals surface area (Å²) >= 11 is 0. The van der Waals surface area contributed by atoms with Crippen LogP contribution in [0.1, 0.15) is 25.1 Å². The van der Waals surface area contributed by atoms with Gasteiger partial charge in [0.1, 0.15) is 0 Å². The molecule has 0 saturated carbocycles. The third kappa shape index (κ3) is 6.15. The van der Waals surface area contributed by atoms with Crippen molar-refractivity contribution in [2.75, 3.05) is 0 Å². The van der Waals surface area contributed by atoms with Crippen LogP contribution in [0.2, 0.25) is 0 Å². The van der Waals surface area contributed by atoms with E-state index in [2.05, 4.69) is 22.4 Å². The van der Waals surface area contributed by atoms with Crippen LogP contribution in [0.3, 0.4) is 0 Å². The molecular formula is C14H21N3O. The van der Waals surface area contributed by atoms with E-state index < -0.39 is 0 Å². The van der Waals surface area contributed by atoms with Gasteiger partial charge in [-0.2, -0.15) is 0 Å². The monoisotopic (exact) mass is 247 g/mol. The predicted octanol–water partition coefficient (Wildman–Crippen LogP) is 2.74. The van der Waals surface area contributed by atoms with Gasteiger partial charge in [0, 0.05) is 13.2 Å². The van der Waals surface area contributed by atoms with E-state index in [1.165, 1.54) is 5.56 Å². The number of hydrogen-bond donors (Lipinski definition) is 0. The molecule has 0 aliphatic carbocycles. The van der Waals surface area contributed by atoms with Crippen molar-refractivity contribution in [1.29, 1.82) is 0 Å². The number of rotatable bonds is 3. The molecule has 0 bridgehead atoms. The molecule has 0 unspecified atom stereocenters. The quantitative estimate of drug-likeness (QED) is 0.837. The van der Waals surface area contributed by atoms with E-state index in [-0.39, 0.29) is 0 Å². The highest BCUT2D eigenvalue weighted by atomic mass is 16.5. The van der Waals surface area contributed by atoms with Crippen molar-refractivity contribution in [2.45, 2.75) is 33.5 Å². The summed E-state index contributed by atoms with van der Waals surface area (Å²) in [6, 6.07) is 10.2. The maximum absolute atomic E-state index is 5.43. The van der Waals surface area contributed by atoms with Gasteiger partial charge in [-0.3, -0.25) is 4.68 Å². The number of aryl methyl sites for hydroxylation is 2. The molecule has 98 valence electrons. The molecule has 0 radical (unpaired) electrons. The second-order valence-corrected chi connectivity index (χ2v) is 4.38. The van der Waals surface area contributed by atoms with Gasteiger partial charge in [-0.25, -0.2) is 0 Å². The Bertz CT molecular complexity index is 421. The van der Waals surface area contributed by atoms with E-state index in [0.29, 0.717) is 6.10 Å². The molecule has 0 spiro atoms. The average molecular weight is 247 g/mol. The van der Waals surface area contributed by atoms with Crippen LogP contribution in [-0.4, -0.2) is 21.1 Å². The Morgan fingerprint density at radius 3 is 2.28 bits per heavy atom. The zero-order valence-electron chi connectivity index (χ0n) is 11.5. The fourth-order valence-corrected chi connectivity index (χ4v) is 1.30. The third-order valence-electron chi connectivity index (χ3n) is 2.14. The number of aromatic nitrogens is 3. The normalized spacial score (nSPS) is 10.1. The van der Waals surface area contributed by atoms with Crippen molar-refractivity contribution in [3.05, 3.63) is 47.8 Å². The van der Waals surface area contributed by atoms with Gasteiger partial charge >= 0.3 is 0 Å². The Labute approximate surface area is 109 Å². The lowest BCUT2D eigenvalue weighted by molar-refractivity contribution is 0.0657. The summed E-state index contributed by atoms with van der Waals surface area (Å²) in [7, 11) is 1.85. The molecule has 4 heteroatoms. The molecule has 0 saturated heterocycles. The number of ether oxygens (including phenoxy) is 1. The minimum Gasteiger partial charge on any atom is -0.374 e. The second-order valence-electron chi connectivity index (χ2n) is 4.38. The van der Waals surface area contributed by atoms with Crippen molar-refractivity contribution < 1.29 is 4.74 Å². The fourth-order valence-electron chi connectivity index (χ4n) is 1.30. The molecule has 0 fully saturated rings. The number of benzene rings is 1. The van der Waals surface area contributed by atoms with Gasteiger partial charge in [0.2, 0.25) is 0 Å². The molecular weight excluding hydrogens is 226 g/mol. The smallest absolute Gasteiger partial charge is 0.0796 e. The molecule has 4 nitrogen and oxygen atoms in total. The summed E-state index contributed by atoms with van der Waals surface area (Å²) in [5.74, 6) is 0. The van der Waals surface area contributed by atoms with E-state index in [1.54, 1.807) is 4.68 Å². The molecule has 1 aromatic carbocycles. The van der Waals surface area contributed by atoms with Crippen molar-refractivity contribution in [3.63, 3.8) is 0 Å². The molecule has 0 amide bonds. The summed E-state index contributed by atoms with van der Waals surface area (Å²) in [6.45, 7) is 6.72. The molecule has 18 heavy (non-hydrogen) atoms. The van der Waals surface area contributed by atoms with Crippen LogP contribution in [-0.2, 0) is 18.4 Å². The summed E-state index contributed by atoms with van der Waals surface area (Å²) < 4.78 is 7.10. The number of nitrogens with zero attached hydrogens (tertiary/aromatic N) is 3. The zero-order valence-corrected chi connectivity index (χ0v) is 11.5. The first-order valence-electron chi connectivity index (χ1n) is 6.06.